The third kappa shape index (κ3) is 4.90. The summed E-state index contributed by atoms with van der Waals surface area (Å²) in [6.45, 7) is 1.22. The Morgan fingerprint density at radius 3 is 2.55 bits per heavy atom. The first-order chi connectivity index (χ1) is 15.9. The van der Waals surface area contributed by atoms with Crippen molar-refractivity contribution in [3.05, 3.63) is 59.9 Å². The molecule has 1 saturated heterocycles. The number of benzene rings is 1. The van der Waals surface area contributed by atoms with Crippen LogP contribution < -0.4 is 4.74 Å². The zero-order valence-corrected chi connectivity index (χ0v) is 18.7. The van der Waals surface area contributed by atoms with Crippen LogP contribution in [0.15, 0.2) is 48.8 Å². The minimum atomic E-state index is -1.26. The highest BCUT2D eigenvalue weighted by molar-refractivity contribution is 5.89. The zero-order chi connectivity index (χ0) is 23.4. The van der Waals surface area contributed by atoms with Crippen molar-refractivity contribution < 1.29 is 24.5 Å². The number of likely N-dealkylation sites (N-methyl/N-ethyl adjacent to an activating group) is 1. The lowest BCUT2D eigenvalue weighted by atomic mass is 9.52. The molecule has 2 fully saturated rings. The number of likely N-dealkylation sites (tertiary alicyclic amines) is 1. The van der Waals surface area contributed by atoms with Gasteiger partial charge in [0.2, 0.25) is 0 Å². The minimum absolute atomic E-state index is 0.361. The van der Waals surface area contributed by atoms with Gasteiger partial charge in [-0.3, -0.25) is 0 Å². The molecule has 2 bridgehead atoms. The zero-order valence-electron chi connectivity index (χ0n) is 18.7. The van der Waals surface area contributed by atoms with E-state index >= 15 is 0 Å². The van der Waals surface area contributed by atoms with Crippen LogP contribution in [0.4, 0.5) is 0 Å². The van der Waals surface area contributed by atoms with E-state index in [1.165, 1.54) is 50.6 Å². The van der Waals surface area contributed by atoms with E-state index in [1.807, 2.05) is 6.07 Å². The first-order valence-electron chi connectivity index (χ1n) is 11.3. The normalized spacial score (nSPS) is 25.8. The molecule has 2 N–H and O–H groups in total. The number of aromatic nitrogens is 2. The molecule has 2 aromatic rings. The van der Waals surface area contributed by atoms with E-state index in [0.29, 0.717) is 29.6 Å². The molecule has 8 nitrogen and oxygen atoms in total. The third-order valence-corrected chi connectivity index (χ3v) is 7.21. The average Bonchev–Trinajstić information content (AvgIpc) is 2.81. The lowest BCUT2D eigenvalue weighted by Gasteiger charge is -2.58. The molecular formula is C25H29N3O5. The van der Waals surface area contributed by atoms with Crippen LogP contribution in [0.25, 0.3) is 0 Å². The molecule has 0 spiro atoms. The van der Waals surface area contributed by atoms with Gasteiger partial charge in [0.25, 0.3) is 0 Å². The largest absolute Gasteiger partial charge is 0.478 e. The van der Waals surface area contributed by atoms with Crippen molar-refractivity contribution in [2.75, 3.05) is 13.6 Å². The van der Waals surface area contributed by atoms with Gasteiger partial charge in [-0.1, -0.05) is 18.9 Å². The average molecular weight is 452 g/mol. The van der Waals surface area contributed by atoms with Gasteiger partial charge in [-0.15, -0.1) is 0 Å². The summed E-state index contributed by atoms with van der Waals surface area (Å²) in [7, 11) is 2.32. The Balaban J connectivity index is 0.000000281. The summed E-state index contributed by atoms with van der Waals surface area (Å²) < 4.78 is 5.95. The molecule has 2 aliphatic carbocycles. The summed E-state index contributed by atoms with van der Waals surface area (Å²) in [5.74, 6) is -0.837. The number of hydrogen-bond acceptors (Lipinski definition) is 6. The number of hydrogen-bond donors (Lipinski definition) is 2. The highest BCUT2D eigenvalue weighted by atomic mass is 16.5. The van der Waals surface area contributed by atoms with Gasteiger partial charge in [0.1, 0.15) is 5.75 Å². The standard InChI is InChI=1S/C21H25N3O.C4H4O4/c1-24-12-9-21-8-3-2-5-17(21)19(24)13-15-6-7-16(14-18(15)21)25-20-22-10-4-11-23-20;5-3(6)1-2-4(7)8/h4,6-7,10-11,14,17,19H,2-3,5,8-9,12-13H2,1H3;1-2H,(H,5,6)(H,7,8)/b;2-1+/t17-,19+,21+;/m0./s1. The Hall–Kier alpha value is -3.26. The molecule has 8 heteroatoms. The summed E-state index contributed by atoms with van der Waals surface area (Å²) in [5.41, 5.74) is 3.44. The molecule has 33 heavy (non-hydrogen) atoms. The summed E-state index contributed by atoms with van der Waals surface area (Å²) in [4.78, 5) is 30.1. The number of ether oxygens (including phenoxy) is 1. The van der Waals surface area contributed by atoms with Crippen LogP contribution in [-0.4, -0.2) is 56.7 Å². The molecule has 2 heterocycles. The molecule has 1 aliphatic heterocycles. The van der Waals surface area contributed by atoms with Crippen molar-refractivity contribution in [3.8, 4) is 11.8 Å². The van der Waals surface area contributed by atoms with Crippen LogP contribution in [0.2, 0.25) is 0 Å². The number of carbonyl (C=O) groups is 2. The maximum absolute atomic E-state index is 9.55. The first-order valence-corrected chi connectivity index (χ1v) is 11.3. The van der Waals surface area contributed by atoms with Gasteiger partial charge in [-0.2, -0.15) is 0 Å². The highest BCUT2D eigenvalue weighted by Gasteiger charge is 2.53. The van der Waals surface area contributed by atoms with Crippen LogP contribution in [0.5, 0.6) is 11.8 Å². The number of carboxylic acid groups (broad SMARTS) is 2. The lowest BCUT2D eigenvalue weighted by Crippen LogP contribution is -2.59. The summed E-state index contributed by atoms with van der Waals surface area (Å²) in [5, 5.41) is 15.6. The van der Waals surface area contributed by atoms with Gasteiger partial charge in [0.15, 0.2) is 0 Å². The molecule has 3 aliphatic rings. The SMILES string of the molecule is CN1CC[C@]23CCCC[C@H]2[C@H]1Cc1ccc(Oc2ncccn2)cc13.O=C(O)/C=C/C(=O)O. The van der Waals surface area contributed by atoms with E-state index in [1.54, 1.807) is 18.0 Å². The van der Waals surface area contributed by atoms with E-state index < -0.39 is 11.9 Å². The van der Waals surface area contributed by atoms with E-state index in [0.717, 1.165) is 11.7 Å². The van der Waals surface area contributed by atoms with Gasteiger partial charge >= 0.3 is 17.9 Å². The molecule has 1 saturated carbocycles. The number of piperidine rings is 1. The smallest absolute Gasteiger partial charge is 0.328 e. The van der Waals surface area contributed by atoms with Crippen molar-refractivity contribution >= 4 is 11.9 Å². The molecule has 1 aromatic heterocycles. The fourth-order valence-electron chi connectivity index (χ4n) is 5.83. The van der Waals surface area contributed by atoms with E-state index in [4.69, 9.17) is 14.9 Å². The second-order valence-electron chi connectivity index (χ2n) is 8.97. The van der Waals surface area contributed by atoms with Crippen molar-refractivity contribution in [2.45, 2.75) is 50.0 Å². The monoisotopic (exact) mass is 451 g/mol. The third-order valence-electron chi connectivity index (χ3n) is 7.21. The minimum Gasteiger partial charge on any atom is -0.478 e. The predicted molar refractivity (Wildman–Crippen MR) is 121 cm³/mol. The van der Waals surface area contributed by atoms with Crippen molar-refractivity contribution in [1.82, 2.24) is 14.9 Å². The quantitative estimate of drug-likeness (QED) is 0.677. The number of fused-ring (bicyclic) bond motifs is 1. The first kappa shape index (κ1) is 22.9. The summed E-state index contributed by atoms with van der Waals surface area (Å²) >= 11 is 0. The fourth-order valence-corrected chi connectivity index (χ4v) is 5.83. The Kier molecular flexibility index (Phi) is 6.74. The van der Waals surface area contributed by atoms with Gasteiger partial charge in [-0.25, -0.2) is 19.6 Å². The molecule has 174 valence electrons. The van der Waals surface area contributed by atoms with E-state index in [-0.39, 0.29) is 0 Å². The van der Waals surface area contributed by atoms with Crippen molar-refractivity contribution in [3.63, 3.8) is 0 Å². The maximum atomic E-state index is 9.55. The molecule has 5 rings (SSSR count). The maximum Gasteiger partial charge on any atom is 0.328 e. The van der Waals surface area contributed by atoms with Gasteiger partial charge in [0.05, 0.1) is 0 Å². The Labute approximate surface area is 192 Å². The molecule has 1 aromatic carbocycles. The van der Waals surface area contributed by atoms with E-state index in [9.17, 15) is 9.59 Å². The lowest BCUT2D eigenvalue weighted by molar-refractivity contribution is -0.134. The number of aliphatic carboxylic acids is 2. The van der Waals surface area contributed by atoms with Crippen LogP contribution in [-0.2, 0) is 21.4 Å². The Bertz CT molecular complexity index is 1030. The molecule has 0 unspecified atom stereocenters. The Morgan fingerprint density at radius 1 is 1.12 bits per heavy atom. The number of rotatable bonds is 4. The highest BCUT2D eigenvalue weighted by Crippen LogP contribution is 2.56. The molecule has 3 atom stereocenters. The van der Waals surface area contributed by atoms with Crippen molar-refractivity contribution in [1.29, 1.82) is 0 Å². The topological polar surface area (TPSA) is 113 Å². The van der Waals surface area contributed by atoms with Crippen LogP contribution in [0, 0.1) is 5.92 Å². The Morgan fingerprint density at radius 2 is 1.85 bits per heavy atom. The van der Waals surface area contributed by atoms with Gasteiger partial charge in [-0.05, 0) is 74.5 Å². The number of carboxylic acids is 2. The predicted octanol–water partition coefficient (Wildman–Crippen LogP) is 3.67. The number of nitrogens with zero attached hydrogens (tertiary/aromatic N) is 3. The molecule has 0 radical (unpaired) electrons. The van der Waals surface area contributed by atoms with Gasteiger partial charge in [0, 0.05) is 36.0 Å². The van der Waals surface area contributed by atoms with Crippen LogP contribution in [0.3, 0.4) is 0 Å². The second kappa shape index (κ2) is 9.70. The summed E-state index contributed by atoms with van der Waals surface area (Å²) in [6.07, 6.45) is 12.5. The van der Waals surface area contributed by atoms with Gasteiger partial charge < -0.3 is 19.8 Å². The summed E-state index contributed by atoms with van der Waals surface area (Å²) in [6, 6.07) is 9.62. The van der Waals surface area contributed by atoms with Crippen molar-refractivity contribution in [2.24, 2.45) is 5.92 Å². The fraction of sp³-hybridized carbons (Fsp3) is 0.440. The van der Waals surface area contributed by atoms with Crippen LogP contribution >= 0.6 is 0 Å². The second-order valence-corrected chi connectivity index (χ2v) is 8.97. The molecule has 0 amide bonds. The van der Waals surface area contributed by atoms with Crippen LogP contribution in [0.1, 0.15) is 43.2 Å². The van der Waals surface area contributed by atoms with E-state index in [2.05, 4.69) is 40.1 Å². The molecular weight excluding hydrogens is 422 g/mol.